The van der Waals surface area contributed by atoms with Gasteiger partial charge in [0.25, 0.3) is 5.91 Å². The minimum absolute atomic E-state index is 0.0000895. The van der Waals surface area contributed by atoms with Crippen LogP contribution in [0.4, 0.5) is 13.2 Å². The third-order valence-corrected chi connectivity index (χ3v) is 3.63. The van der Waals surface area contributed by atoms with Crippen LogP contribution in [0.25, 0.3) is 0 Å². The predicted octanol–water partition coefficient (Wildman–Crippen LogP) is 1.25. The van der Waals surface area contributed by atoms with Crippen LogP contribution < -0.4 is 0 Å². The Labute approximate surface area is 123 Å². The van der Waals surface area contributed by atoms with Crippen LogP contribution >= 0.6 is 0 Å². The summed E-state index contributed by atoms with van der Waals surface area (Å²) in [5.74, 6) is -1.24. The molecular formula is C12H13F3N6O. The summed E-state index contributed by atoms with van der Waals surface area (Å²) in [5, 5.41) is 10.9. The number of carbonyl (C=O) groups is 1. The van der Waals surface area contributed by atoms with Crippen LogP contribution in [0.1, 0.15) is 35.1 Å². The van der Waals surface area contributed by atoms with Crippen LogP contribution in [0.3, 0.4) is 0 Å². The van der Waals surface area contributed by atoms with Crippen LogP contribution in [0.2, 0.25) is 0 Å². The average Bonchev–Trinajstić information content (AvgIpc) is 3.04. The third-order valence-electron chi connectivity index (χ3n) is 3.63. The zero-order valence-electron chi connectivity index (χ0n) is 11.9. The van der Waals surface area contributed by atoms with E-state index in [9.17, 15) is 18.0 Å². The maximum Gasteiger partial charge on any atom is 0.451 e. The van der Waals surface area contributed by atoms with Crippen molar-refractivity contribution in [1.82, 2.24) is 29.4 Å². The maximum absolute atomic E-state index is 12.8. The van der Waals surface area contributed by atoms with E-state index in [1.165, 1.54) is 9.58 Å². The highest BCUT2D eigenvalue weighted by atomic mass is 19.4. The molecule has 1 aliphatic heterocycles. The molecule has 0 bridgehead atoms. The SMILES string of the molecule is CC1c2nnc(C(F)(F)F)n2CCN1C(=O)c1ccn(C)n1. The minimum Gasteiger partial charge on any atom is -0.325 e. The molecule has 1 unspecified atom stereocenters. The highest BCUT2D eigenvalue weighted by molar-refractivity contribution is 5.92. The predicted molar refractivity (Wildman–Crippen MR) is 67.7 cm³/mol. The minimum atomic E-state index is -4.56. The molecule has 0 aromatic carbocycles. The molecule has 3 heterocycles. The van der Waals surface area contributed by atoms with Crippen molar-refractivity contribution in [3.63, 3.8) is 0 Å². The van der Waals surface area contributed by atoms with E-state index in [4.69, 9.17) is 0 Å². The number of carbonyl (C=O) groups excluding carboxylic acids is 1. The third kappa shape index (κ3) is 2.24. The second-order valence-corrected chi connectivity index (χ2v) is 5.08. The number of alkyl halides is 3. The molecular weight excluding hydrogens is 301 g/mol. The molecule has 0 fully saturated rings. The van der Waals surface area contributed by atoms with Gasteiger partial charge in [0.1, 0.15) is 5.69 Å². The molecule has 3 rings (SSSR count). The van der Waals surface area contributed by atoms with Crippen molar-refractivity contribution in [3.05, 3.63) is 29.6 Å². The Balaban J connectivity index is 1.90. The van der Waals surface area contributed by atoms with E-state index in [1.54, 1.807) is 26.2 Å². The van der Waals surface area contributed by atoms with Gasteiger partial charge in [0.05, 0.1) is 6.04 Å². The van der Waals surface area contributed by atoms with Gasteiger partial charge in [-0.2, -0.15) is 18.3 Å². The topological polar surface area (TPSA) is 68.8 Å². The van der Waals surface area contributed by atoms with Crippen LogP contribution in [0.15, 0.2) is 12.3 Å². The first-order valence-corrected chi connectivity index (χ1v) is 6.60. The summed E-state index contributed by atoms with van der Waals surface area (Å²) in [6.07, 6.45) is -2.93. The first-order valence-electron chi connectivity index (χ1n) is 6.60. The molecule has 10 heteroatoms. The van der Waals surface area contributed by atoms with Crippen molar-refractivity contribution in [3.8, 4) is 0 Å². The van der Waals surface area contributed by atoms with Crippen molar-refractivity contribution in [2.45, 2.75) is 25.7 Å². The second kappa shape index (κ2) is 4.82. The summed E-state index contributed by atoms with van der Waals surface area (Å²) in [6.45, 7) is 1.77. The van der Waals surface area contributed by atoms with Gasteiger partial charge in [-0.15, -0.1) is 10.2 Å². The number of nitrogens with zero attached hydrogens (tertiary/aromatic N) is 6. The molecule has 0 saturated heterocycles. The van der Waals surface area contributed by atoms with Gasteiger partial charge in [-0.1, -0.05) is 0 Å². The zero-order chi connectivity index (χ0) is 16.1. The number of fused-ring (bicyclic) bond motifs is 1. The van der Waals surface area contributed by atoms with Gasteiger partial charge in [0, 0.05) is 26.3 Å². The number of hydrogen-bond acceptors (Lipinski definition) is 4. The van der Waals surface area contributed by atoms with Crippen molar-refractivity contribution >= 4 is 5.91 Å². The highest BCUT2D eigenvalue weighted by Crippen LogP contribution is 2.32. The van der Waals surface area contributed by atoms with Crippen LogP contribution in [-0.2, 0) is 19.8 Å². The lowest BCUT2D eigenvalue weighted by atomic mass is 10.2. The molecule has 0 saturated carbocycles. The Morgan fingerprint density at radius 3 is 2.64 bits per heavy atom. The molecule has 2 aromatic rings. The smallest absolute Gasteiger partial charge is 0.325 e. The first-order chi connectivity index (χ1) is 10.3. The lowest BCUT2D eigenvalue weighted by Gasteiger charge is -2.33. The van der Waals surface area contributed by atoms with E-state index < -0.39 is 18.0 Å². The van der Waals surface area contributed by atoms with Gasteiger partial charge in [-0.25, -0.2) is 0 Å². The summed E-state index contributed by atoms with van der Waals surface area (Å²) < 4.78 is 41.0. The monoisotopic (exact) mass is 314 g/mol. The van der Waals surface area contributed by atoms with E-state index in [-0.39, 0.29) is 30.5 Å². The first kappa shape index (κ1) is 14.5. The Morgan fingerprint density at radius 2 is 2.05 bits per heavy atom. The second-order valence-electron chi connectivity index (χ2n) is 5.08. The number of amides is 1. The van der Waals surface area contributed by atoms with Crippen LogP contribution in [-0.4, -0.2) is 41.9 Å². The van der Waals surface area contributed by atoms with E-state index >= 15 is 0 Å². The number of rotatable bonds is 1. The lowest BCUT2D eigenvalue weighted by Crippen LogP contribution is -2.42. The molecule has 0 spiro atoms. The van der Waals surface area contributed by atoms with Crippen molar-refractivity contribution in [2.24, 2.45) is 7.05 Å². The number of halogens is 3. The normalized spacial score (nSPS) is 18.4. The summed E-state index contributed by atoms with van der Waals surface area (Å²) in [4.78, 5) is 13.9. The van der Waals surface area contributed by atoms with Gasteiger partial charge in [0.2, 0.25) is 5.82 Å². The van der Waals surface area contributed by atoms with Crippen LogP contribution in [0.5, 0.6) is 0 Å². The molecule has 1 aliphatic rings. The Bertz CT molecular complexity index is 719. The Hall–Kier alpha value is -2.39. The summed E-state index contributed by atoms with van der Waals surface area (Å²) in [6, 6.07) is 0.960. The number of hydrogen-bond donors (Lipinski definition) is 0. The molecule has 0 N–H and O–H groups in total. The van der Waals surface area contributed by atoms with E-state index in [0.717, 1.165) is 4.57 Å². The average molecular weight is 314 g/mol. The fourth-order valence-corrected chi connectivity index (χ4v) is 2.55. The Kier molecular flexibility index (Phi) is 3.18. The van der Waals surface area contributed by atoms with E-state index in [0.29, 0.717) is 0 Å². The molecule has 0 radical (unpaired) electrons. The molecule has 2 aromatic heterocycles. The lowest BCUT2D eigenvalue weighted by molar-refractivity contribution is -0.148. The molecule has 0 aliphatic carbocycles. The van der Waals surface area contributed by atoms with Gasteiger partial charge < -0.3 is 9.47 Å². The zero-order valence-corrected chi connectivity index (χ0v) is 11.9. The van der Waals surface area contributed by atoms with Gasteiger partial charge in [0.15, 0.2) is 5.82 Å². The molecule has 1 atom stereocenters. The largest absolute Gasteiger partial charge is 0.451 e. The fraction of sp³-hybridized carbons (Fsp3) is 0.500. The molecule has 118 valence electrons. The van der Waals surface area contributed by atoms with Gasteiger partial charge >= 0.3 is 6.18 Å². The quantitative estimate of drug-likeness (QED) is 0.794. The standard InChI is InChI=1S/C12H13F3N6O/c1-7-9-16-17-11(12(13,14)15)21(9)6-5-20(7)10(22)8-3-4-19(2)18-8/h3-4,7H,5-6H2,1-2H3. The highest BCUT2D eigenvalue weighted by Gasteiger charge is 2.42. The van der Waals surface area contributed by atoms with Gasteiger partial charge in [-0.05, 0) is 13.0 Å². The van der Waals surface area contributed by atoms with E-state index in [1.807, 2.05) is 0 Å². The summed E-state index contributed by atoms with van der Waals surface area (Å²) >= 11 is 0. The van der Waals surface area contributed by atoms with Gasteiger partial charge in [-0.3, -0.25) is 9.48 Å². The van der Waals surface area contributed by atoms with Crippen molar-refractivity contribution in [2.75, 3.05) is 6.54 Å². The van der Waals surface area contributed by atoms with Crippen LogP contribution in [0, 0.1) is 0 Å². The van der Waals surface area contributed by atoms with Crippen molar-refractivity contribution in [1.29, 1.82) is 0 Å². The summed E-state index contributed by atoms with van der Waals surface area (Å²) in [7, 11) is 1.68. The maximum atomic E-state index is 12.8. The fourth-order valence-electron chi connectivity index (χ4n) is 2.55. The summed E-state index contributed by atoms with van der Waals surface area (Å²) in [5.41, 5.74) is 0.248. The Morgan fingerprint density at radius 1 is 1.32 bits per heavy atom. The molecule has 7 nitrogen and oxygen atoms in total. The number of aromatic nitrogens is 5. The van der Waals surface area contributed by atoms with E-state index in [2.05, 4.69) is 15.3 Å². The number of aryl methyl sites for hydroxylation is 1. The molecule has 1 amide bonds. The van der Waals surface area contributed by atoms with Crippen molar-refractivity contribution < 1.29 is 18.0 Å². The molecule has 22 heavy (non-hydrogen) atoms.